The third kappa shape index (κ3) is 70.5. The molecule has 0 aliphatic carbocycles. The molecular formula is C77H150O17P2. The van der Waals surface area contributed by atoms with E-state index in [4.69, 9.17) is 37.0 Å². The molecule has 0 amide bonds. The van der Waals surface area contributed by atoms with Crippen LogP contribution in [0.2, 0.25) is 0 Å². The molecule has 3 N–H and O–H groups in total. The van der Waals surface area contributed by atoms with E-state index in [0.29, 0.717) is 25.7 Å². The van der Waals surface area contributed by atoms with E-state index in [1.807, 2.05) is 0 Å². The van der Waals surface area contributed by atoms with Crippen LogP contribution in [-0.2, 0) is 65.4 Å². The highest BCUT2D eigenvalue weighted by Gasteiger charge is 2.30. The Hall–Kier alpha value is -1.94. The average molecular weight is 1410 g/mol. The molecule has 0 bridgehead atoms. The molecule has 5 atom stereocenters. The van der Waals surface area contributed by atoms with Crippen molar-refractivity contribution in [3.63, 3.8) is 0 Å². The van der Waals surface area contributed by atoms with E-state index in [-0.39, 0.29) is 25.7 Å². The summed E-state index contributed by atoms with van der Waals surface area (Å²) in [6, 6.07) is 0. The SMILES string of the molecule is CCCCCCCCCCCCCCCCCCCCCCC(=O)O[C@H](COC(=O)CCCCCCCCCCCCCCCCCCC(C)C)COP(=O)(O)OC[C@@H](O)COP(=O)(O)OC[C@@H](COC(=O)CCCCCCCCCC)OC(=O)CCCCCCCCCCC. The zero-order valence-corrected chi connectivity index (χ0v) is 64.3. The number of hydrogen-bond acceptors (Lipinski definition) is 15. The number of carbonyl (C=O) groups excluding carboxylic acids is 4. The van der Waals surface area contributed by atoms with Gasteiger partial charge in [-0.3, -0.25) is 37.3 Å². The lowest BCUT2D eigenvalue weighted by Crippen LogP contribution is -2.30. The quantitative estimate of drug-likeness (QED) is 0.0222. The first-order valence-corrected chi connectivity index (χ1v) is 43.1. The number of carbonyl (C=O) groups is 4. The van der Waals surface area contributed by atoms with Crippen LogP contribution >= 0.6 is 15.6 Å². The summed E-state index contributed by atoms with van der Waals surface area (Å²) in [5.41, 5.74) is 0. The van der Waals surface area contributed by atoms with Gasteiger partial charge in [0.25, 0.3) is 0 Å². The molecule has 0 saturated heterocycles. The summed E-state index contributed by atoms with van der Waals surface area (Å²) in [6.07, 6.45) is 59.9. The minimum Gasteiger partial charge on any atom is -0.462 e. The molecule has 0 aromatic carbocycles. The van der Waals surface area contributed by atoms with E-state index in [2.05, 4.69) is 34.6 Å². The number of esters is 4. The third-order valence-corrected chi connectivity index (χ3v) is 19.9. The van der Waals surface area contributed by atoms with Gasteiger partial charge in [-0.25, -0.2) is 9.13 Å². The van der Waals surface area contributed by atoms with Crippen LogP contribution in [0.4, 0.5) is 0 Å². The summed E-state index contributed by atoms with van der Waals surface area (Å²) in [5, 5.41) is 10.6. The lowest BCUT2D eigenvalue weighted by molar-refractivity contribution is -0.161. The second kappa shape index (κ2) is 70.1. The van der Waals surface area contributed by atoms with E-state index < -0.39 is 97.5 Å². The zero-order valence-electron chi connectivity index (χ0n) is 62.5. The average Bonchev–Trinajstić information content (AvgIpc) is 1.49. The fraction of sp³-hybridized carbons (Fsp3) is 0.948. The summed E-state index contributed by atoms with van der Waals surface area (Å²) in [4.78, 5) is 72.6. The van der Waals surface area contributed by atoms with Crippen LogP contribution in [0, 0.1) is 5.92 Å². The minimum atomic E-state index is -4.96. The summed E-state index contributed by atoms with van der Waals surface area (Å²) in [5.74, 6) is -1.30. The molecule has 0 rings (SSSR count). The Labute approximate surface area is 588 Å². The first kappa shape index (κ1) is 94.1. The van der Waals surface area contributed by atoms with Crippen molar-refractivity contribution < 1.29 is 80.2 Å². The number of ether oxygens (including phenoxy) is 4. The van der Waals surface area contributed by atoms with Gasteiger partial charge in [-0.1, -0.05) is 356 Å². The second-order valence-corrected chi connectivity index (χ2v) is 31.1. The van der Waals surface area contributed by atoms with Gasteiger partial charge in [0.2, 0.25) is 0 Å². The van der Waals surface area contributed by atoms with Crippen LogP contribution in [-0.4, -0.2) is 96.7 Å². The summed E-state index contributed by atoms with van der Waals surface area (Å²) in [7, 11) is -9.90. The molecule has 0 heterocycles. The van der Waals surface area contributed by atoms with Gasteiger partial charge >= 0.3 is 39.5 Å². The topological polar surface area (TPSA) is 237 Å². The maximum atomic E-state index is 13.1. The van der Waals surface area contributed by atoms with Gasteiger partial charge in [0, 0.05) is 25.7 Å². The van der Waals surface area contributed by atoms with Crippen molar-refractivity contribution >= 4 is 39.5 Å². The fourth-order valence-corrected chi connectivity index (χ4v) is 13.5. The highest BCUT2D eigenvalue weighted by Crippen LogP contribution is 2.45. The molecule has 0 aromatic rings. The summed E-state index contributed by atoms with van der Waals surface area (Å²) >= 11 is 0. The number of unbranched alkanes of at least 4 members (excludes halogenated alkanes) is 49. The smallest absolute Gasteiger partial charge is 0.462 e. The highest BCUT2D eigenvalue weighted by molar-refractivity contribution is 7.47. The maximum Gasteiger partial charge on any atom is 0.472 e. The molecule has 17 nitrogen and oxygen atoms in total. The number of aliphatic hydroxyl groups is 1. The third-order valence-electron chi connectivity index (χ3n) is 18.0. The van der Waals surface area contributed by atoms with E-state index >= 15 is 0 Å². The molecule has 0 fully saturated rings. The molecule has 0 aliphatic heterocycles. The molecule has 570 valence electrons. The normalized spacial score (nSPS) is 13.9. The predicted molar refractivity (Wildman–Crippen MR) is 391 cm³/mol. The van der Waals surface area contributed by atoms with Gasteiger partial charge in [-0.2, -0.15) is 0 Å². The molecule has 0 aliphatic rings. The van der Waals surface area contributed by atoms with E-state index in [0.717, 1.165) is 102 Å². The van der Waals surface area contributed by atoms with Crippen molar-refractivity contribution in [2.45, 2.75) is 425 Å². The monoisotopic (exact) mass is 1410 g/mol. The molecule has 0 radical (unpaired) electrons. The van der Waals surface area contributed by atoms with Crippen molar-refractivity contribution in [2.24, 2.45) is 5.92 Å². The first-order chi connectivity index (χ1) is 46.5. The van der Waals surface area contributed by atoms with E-state index in [1.54, 1.807) is 0 Å². The van der Waals surface area contributed by atoms with Crippen molar-refractivity contribution in [1.29, 1.82) is 0 Å². The van der Waals surface area contributed by atoms with Crippen molar-refractivity contribution in [3.8, 4) is 0 Å². The predicted octanol–water partition coefficient (Wildman–Crippen LogP) is 22.9. The summed E-state index contributed by atoms with van der Waals surface area (Å²) in [6.45, 7) is 7.28. The van der Waals surface area contributed by atoms with Gasteiger partial charge in [0.1, 0.15) is 19.3 Å². The maximum absolute atomic E-state index is 13.1. The molecule has 96 heavy (non-hydrogen) atoms. The standard InChI is InChI=1S/C77H150O17P2/c1-6-9-12-15-18-21-22-23-24-25-26-27-28-33-36-39-43-48-53-58-63-77(82)94-73(67-88-75(80)61-56-51-46-42-38-35-32-30-29-31-34-37-41-44-49-54-59-70(4)5)69-92-96(85,86)90-65-71(78)64-89-95(83,84)91-68-72(66-87-74(79)60-55-50-45-20-17-14-11-8-3)93-76(81)62-57-52-47-40-19-16-13-10-7-2/h70-73,78H,6-69H2,1-5H3,(H,83,84)(H,85,86)/t71-,72+,73+/m0/s1. The Morgan fingerprint density at radius 1 is 0.281 bits per heavy atom. The number of phosphoric acid groups is 2. The fourth-order valence-electron chi connectivity index (χ4n) is 11.9. The number of phosphoric ester groups is 2. The van der Waals surface area contributed by atoms with Gasteiger partial charge in [-0.15, -0.1) is 0 Å². The van der Waals surface area contributed by atoms with Crippen LogP contribution in [0.15, 0.2) is 0 Å². The van der Waals surface area contributed by atoms with Crippen LogP contribution in [0.1, 0.15) is 407 Å². The van der Waals surface area contributed by atoms with E-state index in [1.165, 1.54) is 225 Å². The molecule has 2 unspecified atom stereocenters. The van der Waals surface area contributed by atoms with Crippen LogP contribution in [0.5, 0.6) is 0 Å². The summed E-state index contributed by atoms with van der Waals surface area (Å²) < 4.78 is 68.4. The number of aliphatic hydroxyl groups excluding tert-OH is 1. The molecule has 0 spiro atoms. The number of rotatable bonds is 77. The molecule has 19 heteroatoms. The second-order valence-electron chi connectivity index (χ2n) is 28.2. The molecule has 0 saturated carbocycles. The van der Waals surface area contributed by atoms with Crippen molar-refractivity contribution in [3.05, 3.63) is 0 Å². The highest BCUT2D eigenvalue weighted by atomic mass is 31.2. The van der Waals surface area contributed by atoms with Gasteiger partial charge in [0.05, 0.1) is 26.4 Å². The zero-order chi connectivity index (χ0) is 70.5. The van der Waals surface area contributed by atoms with Crippen LogP contribution in [0.25, 0.3) is 0 Å². The van der Waals surface area contributed by atoms with Crippen LogP contribution < -0.4 is 0 Å². The Morgan fingerprint density at radius 2 is 0.479 bits per heavy atom. The Balaban J connectivity index is 5.15. The molecular weight excluding hydrogens is 1260 g/mol. The van der Waals surface area contributed by atoms with Gasteiger partial charge < -0.3 is 33.8 Å². The largest absolute Gasteiger partial charge is 0.472 e. The van der Waals surface area contributed by atoms with E-state index in [9.17, 15) is 43.2 Å². The van der Waals surface area contributed by atoms with Gasteiger partial charge in [0.15, 0.2) is 12.2 Å². The number of hydrogen-bond donors (Lipinski definition) is 3. The first-order valence-electron chi connectivity index (χ1n) is 40.1. The Kier molecular flexibility index (Phi) is 68.7. The lowest BCUT2D eigenvalue weighted by Gasteiger charge is -2.21. The van der Waals surface area contributed by atoms with Gasteiger partial charge in [-0.05, 0) is 31.6 Å². The Morgan fingerprint density at radius 3 is 0.708 bits per heavy atom. The Bertz CT molecular complexity index is 1840. The van der Waals surface area contributed by atoms with Crippen molar-refractivity contribution in [2.75, 3.05) is 39.6 Å². The lowest BCUT2D eigenvalue weighted by atomic mass is 10.0. The minimum absolute atomic E-state index is 0.106. The van der Waals surface area contributed by atoms with Crippen LogP contribution in [0.3, 0.4) is 0 Å². The van der Waals surface area contributed by atoms with Crippen molar-refractivity contribution in [1.82, 2.24) is 0 Å². The molecule has 0 aromatic heterocycles.